The third-order valence-electron chi connectivity index (χ3n) is 2.31. The van der Waals surface area contributed by atoms with Crippen molar-refractivity contribution in [3.63, 3.8) is 0 Å². The van der Waals surface area contributed by atoms with Crippen molar-refractivity contribution in [3.05, 3.63) is 22.6 Å². The number of nitrogens with zero attached hydrogens (tertiary/aromatic N) is 1. The first-order valence-electron chi connectivity index (χ1n) is 5.22. The molecule has 104 valence electrons. The van der Waals surface area contributed by atoms with Crippen LogP contribution < -0.4 is 5.32 Å². The SMILES string of the molecule is CC(C#N)(CO)NC(=O)C1=CCC=C1SC(F)(F)F. The molecule has 2 N–H and O–H groups in total. The number of halogens is 3. The smallest absolute Gasteiger partial charge is 0.393 e. The van der Waals surface area contributed by atoms with E-state index >= 15 is 0 Å². The number of nitrogens with one attached hydrogen (secondary N) is 1. The fraction of sp³-hybridized carbons (Fsp3) is 0.455. The molecule has 0 aliphatic heterocycles. The summed E-state index contributed by atoms with van der Waals surface area (Å²) >= 11 is -0.371. The molecule has 1 aliphatic rings. The number of hydrogen-bond donors (Lipinski definition) is 2. The van der Waals surface area contributed by atoms with Crippen LogP contribution in [0.4, 0.5) is 13.2 Å². The Balaban J connectivity index is 2.79. The van der Waals surface area contributed by atoms with Crippen LogP contribution in [0.3, 0.4) is 0 Å². The number of allylic oxidation sites excluding steroid dienone is 2. The van der Waals surface area contributed by atoms with Crippen molar-refractivity contribution in [2.75, 3.05) is 6.61 Å². The molecule has 0 saturated carbocycles. The van der Waals surface area contributed by atoms with Gasteiger partial charge in [0.05, 0.1) is 12.7 Å². The lowest BCUT2D eigenvalue weighted by molar-refractivity contribution is -0.118. The van der Waals surface area contributed by atoms with Gasteiger partial charge in [-0.15, -0.1) is 0 Å². The van der Waals surface area contributed by atoms with Crippen LogP contribution in [0.2, 0.25) is 0 Å². The van der Waals surface area contributed by atoms with Crippen LogP contribution in [0.5, 0.6) is 0 Å². The lowest BCUT2D eigenvalue weighted by atomic mass is 10.1. The molecule has 1 amide bonds. The molecule has 0 radical (unpaired) electrons. The first-order chi connectivity index (χ1) is 8.71. The van der Waals surface area contributed by atoms with Crippen molar-refractivity contribution in [2.24, 2.45) is 0 Å². The minimum absolute atomic E-state index is 0.128. The fourth-order valence-corrected chi connectivity index (χ4v) is 2.06. The molecule has 0 bridgehead atoms. The number of aliphatic hydroxyl groups excluding tert-OH is 1. The van der Waals surface area contributed by atoms with Crippen LogP contribution in [0, 0.1) is 11.3 Å². The van der Waals surface area contributed by atoms with Crippen LogP contribution in [-0.4, -0.2) is 28.7 Å². The molecule has 0 heterocycles. The lowest BCUT2D eigenvalue weighted by Gasteiger charge is -2.21. The zero-order valence-corrected chi connectivity index (χ0v) is 10.7. The van der Waals surface area contributed by atoms with E-state index in [1.165, 1.54) is 19.1 Å². The summed E-state index contributed by atoms with van der Waals surface area (Å²) in [6, 6.07) is 1.69. The predicted octanol–water partition coefficient (Wildman–Crippen LogP) is 1.84. The maximum absolute atomic E-state index is 12.3. The highest BCUT2D eigenvalue weighted by Gasteiger charge is 2.35. The molecule has 19 heavy (non-hydrogen) atoms. The van der Waals surface area contributed by atoms with Gasteiger partial charge in [0.15, 0.2) is 0 Å². The lowest BCUT2D eigenvalue weighted by Crippen LogP contribution is -2.48. The second kappa shape index (κ2) is 5.67. The number of carbonyl (C=O) groups excluding carboxylic acids is 1. The van der Waals surface area contributed by atoms with Crippen molar-refractivity contribution in [2.45, 2.75) is 24.4 Å². The average molecular weight is 292 g/mol. The summed E-state index contributed by atoms with van der Waals surface area (Å²) in [5.74, 6) is -0.807. The molecular formula is C11H11F3N2O2S. The molecule has 1 rings (SSSR count). The topological polar surface area (TPSA) is 73.1 Å². The van der Waals surface area contributed by atoms with E-state index in [9.17, 15) is 18.0 Å². The van der Waals surface area contributed by atoms with Crippen molar-refractivity contribution in [1.82, 2.24) is 5.32 Å². The molecule has 0 aromatic heterocycles. The average Bonchev–Trinajstić information content (AvgIpc) is 2.74. The Morgan fingerprint density at radius 2 is 2.21 bits per heavy atom. The van der Waals surface area contributed by atoms with Gasteiger partial charge in [-0.3, -0.25) is 4.79 Å². The molecule has 1 atom stereocenters. The van der Waals surface area contributed by atoms with Gasteiger partial charge in [-0.1, -0.05) is 12.2 Å². The highest BCUT2D eigenvalue weighted by molar-refractivity contribution is 8.04. The van der Waals surface area contributed by atoms with Gasteiger partial charge in [0, 0.05) is 10.5 Å². The van der Waals surface area contributed by atoms with Crippen LogP contribution in [0.15, 0.2) is 22.6 Å². The van der Waals surface area contributed by atoms with Crippen molar-refractivity contribution >= 4 is 17.7 Å². The van der Waals surface area contributed by atoms with E-state index in [2.05, 4.69) is 5.32 Å². The summed E-state index contributed by atoms with van der Waals surface area (Å²) < 4.78 is 36.9. The number of hydrogen-bond acceptors (Lipinski definition) is 4. The Morgan fingerprint density at radius 3 is 2.68 bits per heavy atom. The molecule has 8 heteroatoms. The number of nitriles is 1. The number of thioether (sulfide) groups is 1. The molecule has 4 nitrogen and oxygen atoms in total. The molecule has 0 spiro atoms. The standard InChI is InChI=1S/C11H11F3N2O2S/c1-10(5-15,6-17)16-9(18)7-3-2-4-8(7)19-11(12,13)14/h3-4,17H,2,6H2,1H3,(H,16,18). The zero-order valence-electron chi connectivity index (χ0n) is 9.91. The number of carbonyl (C=O) groups is 1. The summed E-state index contributed by atoms with van der Waals surface area (Å²) in [7, 11) is 0. The summed E-state index contributed by atoms with van der Waals surface area (Å²) in [5.41, 5.74) is -6.13. The predicted molar refractivity (Wildman–Crippen MR) is 63.7 cm³/mol. The van der Waals surface area contributed by atoms with Crippen molar-refractivity contribution in [3.8, 4) is 6.07 Å². The second-order valence-electron chi connectivity index (χ2n) is 4.03. The summed E-state index contributed by atoms with van der Waals surface area (Å²) in [6.45, 7) is 0.648. The molecule has 0 aromatic rings. The Morgan fingerprint density at radius 1 is 1.58 bits per heavy atom. The Bertz CT molecular complexity index is 479. The van der Waals surface area contributed by atoms with Crippen LogP contribution in [0.25, 0.3) is 0 Å². The van der Waals surface area contributed by atoms with E-state index in [4.69, 9.17) is 10.4 Å². The van der Waals surface area contributed by atoms with Gasteiger partial charge in [0.2, 0.25) is 0 Å². The Hall–Kier alpha value is -1.46. The van der Waals surface area contributed by atoms with Gasteiger partial charge >= 0.3 is 5.51 Å². The third kappa shape index (κ3) is 4.29. The van der Waals surface area contributed by atoms with Crippen molar-refractivity contribution < 1.29 is 23.1 Å². The normalized spacial score (nSPS) is 18.1. The first-order valence-corrected chi connectivity index (χ1v) is 6.03. The van der Waals surface area contributed by atoms with Crippen molar-refractivity contribution in [1.29, 1.82) is 5.26 Å². The first kappa shape index (κ1) is 15.6. The molecule has 1 aliphatic carbocycles. The number of aliphatic hydroxyl groups is 1. The molecule has 1 unspecified atom stereocenters. The van der Waals surface area contributed by atoms with Gasteiger partial charge < -0.3 is 10.4 Å². The van der Waals surface area contributed by atoms with E-state index in [1.807, 2.05) is 0 Å². The van der Waals surface area contributed by atoms with Crippen LogP contribution in [0.1, 0.15) is 13.3 Å². The van der Waals surface area contributed by atoms with Crippen LogP contribution in [-0.2, 0) is 4.79 Å². The number of alkyl halides is 3. The van der Waals surface area contributed by atoms with E-state index in [-0.39, 0.29) is 28.7 Å². The summed E-state index contributed by atoms with van der Waals surface area (Å²) in [5, 5.41) is 20.0. The molecular weight excluding hydrogens is 281 g/mol. The van der Waals surface area contributed by atoms with Gasteiger partial charge in [-0.2, -0.15) is 18.4 Å². The summed E-state index contributed by atoms with van der Waals surface area (Å²) in [4.78, 5) is 11.6. The zero-order chi connectivity index (χ0) is 14.7. The van der Waals surface area contributed by atoms with Crippen LogP contribution >= 0.6 is 11.8 Å². The van der Waals surface area contributed by atoms with E-state index in [1.54, 1.807) is 6.07 Å². The number of rotatable bonds is 4. The maximum atomic E-state index is 12.3. The molecule has 0 aromatic carbocycles. The largest absolute Gasteiger partial charge is 0.446 e. The van der Waals surface area contributed by atoms with E-state index < -0.39 is 23.6 Å². The quantitative estimate of drug-likeness (QED) is 0.829. The maximum Gasteiger partial charge on any atom is 0.446 e. The van der Waals surface area contributed by atoms with Gasteiger partial charge in [0.1, 0.15) is 5.54 Å². The fourth-order valence-electron chi connectivity index (χ4n) is 1.34. The molecule has 0 saturated heterocycles. The molecule has 0 fully saturated rings. The minimum Gasteiger partial charge on any atom is -0.393 e. The third-order valence-corrected chi connectivity index (χ3v) is 3.15. The number of amides is 1. The highest BCUT2D eigenvalue weighted by Crippen LogP contribution is 2.41. The minimum atomic E-state index is -4.48. The highest BCUT2D eigenvalue weighted by atomic mass is 32.2. The van der Waals surface area contributed by atoms with E-state index in [0.717, 1.165) is 0 Å². The van der Waals surface area contributed by atoms with Gasteiger partial charge in [0.25, 0.3) is 5.91 Å². The Kier molecular flexibility index (Phi) is 4.66. The van der Waals surface area contributed by atoms with Gasteiger partial charge in [-0.05, 0) is 25.1 Å². The second-order valence-corrected chi connectivity index (χ2v) is 5.13. The summed E-state index contributed by atoms with van der Waals surface area (Å²) in [6.07, 6.45) is 2.86. The van der Waals surface area contributed by atoms with Gasteiger partial charge in [-0.25, -0.2) is 0 Å². The Labute approximate surface area is 112 Å². The monoisotopic (exact) mass is 292 g/mol. The van der Waals surface area contributed by atoms with E-state index in [0.29, 0.717) is 0 Å².